The number of aromatic nitrogens is 1. The van der Waals surface area contributed by atoms with Gasteiger partial charge < -0.3 is 5.32 Å². The second kappa shape index (κ2) is 4.72. The molecule has 0 atom stereocenters. The number of halogens is 4. The number of nitrogens with one attached hydrogen (secondary N) is 1. The lowest BCUT2D eigenvalue weighted by Gasteiger charge is -2.31. The predicted molar refractivity (Wildman–Crippen MR) is 60.1 cm³/mol. The molecule has 1 saturated carbocycles. The van der Waals surface area contributed by atoms with Crippen LogP contribution in [0.2, 0.25) is 0 Å². The Morgan fingerprint density at radius 1 is 1.35 bits per heavy atom. The van der Waals surface area contributed by atoms with Crippen molar-refractivity contribution in [3.8, 4) is 0 Å². The summed E-state index contributed by atoms with van der Waals surface area (Å²) in [5, 5.41) is 3.13. The number of alkyl halides is 4. The van der Waals surface area contributed by atoms with Gasteiger partial charge in [0.05, 0.1) is 0 Å². The lowest BCUT2D eigenvalue weighted by Crippen LogP contribution is -2.30. The van der Waals surface area contributed by atoms with E-state index in [1.807, 2.05) is 0 Å². The van der Waals surface area contributed by atoms with Gasteiger partial charge >= 0.3 is 6.18 Å². The highest BCUT2D eigenvalue weighted by atomic mass is 35.5. The summed E-state index contributed by atoms with van der Waals surface area (Å²) in [5.74, 6) is 0.701. The van der Waals surface area contributed by atoms with Gasteiger partial charge in [-0.15, -0.1) is 11.6 Å². The van der Waals surface area contributed by atoms with Crippen molar-refractivity contribution in [3.05, 3.63) is 23.9 Å². The van der Waals surface area contributed by atoms with Crippen LogP contribution in [0.5, 0.6) is 0 Å². The average Bonchev–Trinajstić information content (AvgIpc) is 2.22. The fourth-order valence-electron chi connectivity index (χ4n) is 1.76. The van der Waals surface area contributed by atoms with Gasteiger partial charge in [0, 0.05) is 11.9 Å². The zero-order chi connectivity index (χ0) is 12.5. The summed E-state index contributed by atoms with van der Waals surface area (Å²) in [6, 6.07) is 3.85. The minimum atomic E-state index is -4.39. The Bertz CT molecular complexity index is 389. The number of anilines is 1. The highest BCUT2D eigenvalue weighted by molar-refractivity contribution is 6.21. The van der Waals surface area contributed by atoms with Crippen LogP contribution >= 0.6 is 11.6 Å². The van der Waals surface area contributed by atoms with Crippen LogP contribution in [-0.2, 0) is 6.18 Å². The molecule has 1 fully saturated rings. The molecule has 0 bridgehead atoms. The summed E-state index contributed by atoms with van der Waals surface area (Å²) in [4.78, 5) is 3.52. The number of nitrogens with zero attached hydrogens (tertiary/aromatic N) is 1. The molecule has 0 unspecified atom stereocenters. The van der Waals surface area contributed by atoms with Gasteiger partial charge in [-0.3, -0.25) is 0 Å². The first-order valence-corrected chi connectivity index (χ1v) is 5.81. The third kappa shape index (κ3) is 3.25. The average molecular weight is 265 g/mol. The van der Waals surface area contributed by atoms with Crippen molar-refractivity contribution in [2.45, 2.75) is 24.4 Å². The lowest BCUT2D eigenvalue weighted by atomic mass is 9.85. The van der Waals surface area contributed by atoms with Gasteiger partial charge in [0.1, 0.15) is 11.5 Å². The molecule has 1 aromatic heterocycles. The topological polar surface area (TPSA) is 24.9 Å². The molecule has 6 heteroatoms. The summed E-state index contributed by atoms with van der Waals surface area (Å²) in [5.41, 5.74) is -0.869. The molecule has 0 aromatic carbocycles. The van der Waals surface area contributed by atoms with E-state index >= 15 is 0 Å². The minimum absolute atomic E-state index is 0.219. The third-order valence-electron chi connectivity index (χ3n) is 2.79. The zero-order valence-corrected chi connectivity index (χ0v) is 9.72. The molecule has 1 aliphatic carbocycles. The first kappa shape index (κ1) is 12.5. The molecule has 1 heterocycles. The van der Waals surface area contributed by atoms with Crippen LogP contribution in [0.25, 0.3) is 0 Å². The molecule has 17 heavy (non-hydrogen) atoms. The van der Waals surface area contributed by atoms with Crippen LogP contribution in [0.4, 0.5) is 19.0 Å². The van der Waals surface area contributed by atoms with Crippen LogP contribution in [0.1, 0.15) is 18.5 Å². The second-order valence-electron chi connectivity index (χ2n) is 4.22. The van der Waals surface area contributed by atoms with E-state index in [9.17, 15) is 13.2 Å². The monoisotopic (exact) mass is 264 g/mol. The van der Waals surface area contributed by atoms with Crippen molar-refractivity contribution < 1.29 is 13.2 Å². The van der Waals surface area contributed by atoms with E-state index in [0.29, 0.717) is 12.5 Å². The van der Waals surface area contributed by atoms with E-state index in [1.165, 1.54) is 12.1 Å². The Hall–Kier alpha value is -0.970. The van der Waals surface area contributed by atoms with E-state index in [0.717, 1.165) is 18.9 Å². The standard InChI is InChI=1S/C11H12ClF3N2/c12-8-4-7(5-8)6-16-10-3-1-2-9(17-10)11(13,14)15/h1-3,7-8H,4-6H2,(H,16,17). The Balaban J connectivity index is 1.92. The summed E-state index contributed by atoms with van der Waals surface area (Å²) in [6.07, 6.45) is -2.57. The third-order valence-corrected chi connectivity index (χ3v) is 3.15. The van der Waals surface area contributed by atoms with Crippen LogP contribution in [0, 0.1) is 5.92 Å². The predicted octanol–water partition coefficient (Wildman–Crippen LogP) is 3.53. The van der Waals surface area contributed by atoms with Gasteiger partial charge in [-0.25, -0.2) is 4.98 Å². The molecular formula is C11H12ClF3N2. The highest BCUT2D eigenvalue weighted by Gasteiger charge is 2.32. The van der Waals surface area contributed by atoms with E-state index in [2.05, 4.69) is 10.3 Å². The summed E-state index contributed by atoms with van der Waals surface area (Å²) in [6.45, 7) is 0.623. The first-order valence-electron chi connectivity index (χ1n) is 5.37. The van der Waals surface area contributed by atoms with Crippen molar-refractivity contribution in [2.24, 2.45) is 5.92 Å². The van der Waals surface area contributed by atoms with Gasteiger partial charge in [0.25, 0.3) is 0 Å². The minimum Gasteiger partial charge on any atom is -0.370 e. The van der Waals surface area contributed by atoms with Gasteiger partial charge in [0.2, 0.25) is 0 Å². The van der Waals surface area contributed by atoms with Gasteiger partial charge in [0.15, 0.2) is 0 Å². The number of rotatable bonds is 3. The Morgan fingerprint density at radius 3 is 2.65 bits per heavy atom. The number of hydrogen-bond donors (Lipinski definition) is 1. The fraction of sp³-hybridized carbons (Fsp3) is 0.545. The van der Waals surface area contributed by atoms with Gasteiger partial charge in [-0.1, -0.05) is 6.07 Å². The Kier molecular flexibility index (Phi) is 3.47. The van der Waals surface area contributed by atoms with E-state index in [1.54, 1.807) is 0 Å². The molecule has 2 nitrogen and oxygen atoms in total. The fourth-order valence-corrected chi connectivity index (χ4v) is 2.26. The Morgan fingerprint density at radius 2 is 2.06 bits per heavy atom. The Labute approximate surface area is 102 Å². The van der Waals surface area contributed by atoms with Gasteiger partial charge in [-0.2, -0.15) is 13.2 Å². The first-order chi connectivity index (χ1) is 7.95. The summed E-state index contributed by atoms with van der Waals surface area (Å²) in [7, 11) is 0. The molecule has 1 aromatic rings. The summed E-state index contributed by atoms with van der Waals surface area (Å²) >= 11 is 5.82. The molecule has 0 spiro atoms. The molecule has 94 valence electrons. The molecule has 0 amide bonds. The van der Waals surface area contributed by atoms with E-state index in [-0.39, 0.29) is 11.2 Å². The highest BCUT2D eigenvalue weighted by Crippen LogP contribution is 2.32. The van der Waals surface area contributed by atoms with Crippen LogP contribution < -0.4 is 5.32 Å². The van der Waals surface area contributed by atoms with Crippen molar-refractivity contribution >= 4 is 17.4 Å². The van der Waals surface area contributed by atoms with Crippen molar-refractivity contribution in [2.75, 3.05) is 11.9 Å². The molecule has 1 N–H and O–H groups in total. The molecular weight excluding hydrogens is 253 g/mol. The maximum Gasteiger partial charge on any atom is 0.433 e. The van der Waals surface area contributed by atoms with Crippen molar-refractivity contribution in [1.82, 2.24) is 4.98 Å². The van der Waals surface area contributed by atoms with E-state index < -0.39 is 11.9 Å². The smallest absolute Gasteiger partial charge is 0.370 e. The van der Waals surface area contributed by atoms with Gasteiger partial charge in [-0.05, 0) is 30.9 Å². The van der Waals surface area contributed by atoms with Crippen LogP contribution in [0.3, 0.4) is 0 Å². The molecule has 0 aliphatic heterocycles. The quantitative estimate of drug-likeness (QED) is 0.845. The molecule has 0 saturated heterocycles. The SMILES string of the molecule is FC(F)(F)c1cccc(NCC2CC(Cl)C2)n1. The maximum absolute atomic E-state index is 12.4. The maximum atomic E-state index is 12.4. The molecule has 1 aliphatic rings. The normalized spacial score (nSPS) is 24.2. The van der Waals surface area contributed by atoms with Crippen LogP contribution in [0.15, 0.2) is 18.2 Å². The van der Waals surface area contributed by atoms with Crippen molar-refractivity contribution in [1.29, 1.82) is 0 Å². The zero-order valence-electron chi connectivity index (χ0n) is 8.97. The molecule has 2 rings (SSSR count). The lowest BCUT2D eigenvalue weighted by molar-refractivity contribution is -0.141. The number of pyridine rings is 1. The number of hydrogen-bond acceptors (Lipinski definition) is 2. The van der Waals surface area contributed by atoms with E-state index in [4.69, 9.17) is 11.6 Å². The van der Waals surface area contributed by atoms with Crippen molar-refractivity contribution in [3.63, 3.8) is 0 Å². The second-order valence-corrected chi connectivity index (χ2v) is 4.84. The van der Waals surface area contributed by atoms with Crippen LogP contribution in [-0.4, -0.2) is 16.9 Å². The molecule has 0 radical (unpaired) electrons. The largest absolute Gasteiger partial charge is 0.433 e. The summed E-state index contributed by atoms with van der Waals surface area (Å²) < 4.78 is 37.2.